The zero-order valence-electron chi connectivity index (χ0n) is 22.8. The van der Waals surface area contributed by atoms with E-state index in [1.807, 2.05) is 42.5 Å². The summed E-state index contributed by atoms with van der Waals surface area (Å²) in [6.07, 6.45) is 1.78. The van der Waals surface area contributed by atoms with Gasteiger partial charge in [0.2, 0.25) is 0 Å². The van der Waals surface area contributed by atoms with Crippen LogP contribution in [0.1, 0.15) is 36.6 Å². The summed E-state index contributed by atoms with van der Waals surface area (Å²) < 4.78 is 18.8. The van der Waals surface area contributed by atoms with Crippen LogP contribution in [0.4, 0.5) is 0 Å². The smallest absolute Gasteiger partial charge is 0.338 e. The van der Waals surface area contributed by atoms with Crippen LogP contribution in [0, 0.1) is 0 Å². The Morgan fingerprint density at radius 2 is 1.79 bits per heavy atom. The minimum Gasteiger partial charge on any atom is -0.496 e. The van der Waals surface area contributed by atoms with Gasteiger partial charge in [0.25, 0.3) is 5.56 Å². The number of benzene rings is 3. The Hall–Kier alpha value is -3.56. The third kappa shape index (κ3) is 5.99. The molecule has 0 unspecified atom stereocenters. The number of allylic oxidation sites excluding steroid dienone is 1. The molecule has 2 heterocycles. The summed E-state index contributed by atoms with van der Waals surface area (Å²) in [5, 5.41) is 0.973. The molecule has 5 rings (SSSR count). The van der Waals surface area contributed by atoms with Gasteiger partial charge in [-0.15, -0.1) is 0 Å². The Morgan fingerprint density at radius 1 is 1.07 bits per heavy atom. The van der Waals surface area contributed by atoms with E-state index in [9.17, 15) is 9.59 Å². The van der Waals surface area contributed by atoms with Crippen molar-refractivity contribution in [3.05, 3.63) is 123 Å². The van der Waals surface area contributed by atoms with E-state index < -0.39 is 12.0 Å². The van der Waals surface area contributed by atoms with Crippen molar-refractivity contribution in [2.75, 3.05) is 13.7 Å². The number of ether oxygens (including phenoxy) is 3. The molecular formula is C31H25Cl3N2O5S. The van der Waals surface area contributed by atoms with Crippen LogP contribution >= 0.6 is 46.1 Å². The lowest BCUT2D eigenvalue weighted by Gasteiger charge is -2.24. The number of methoxy groups -OCH3 is 1. The molecule has 216 valence electrons. The van der Waals surface area contributed by atoms with Gasteiger partial charge in [-0.2, -0.15) is 0 Å². The third-order valence-corrected chi connectivity index (χ3v) is 8.33. The van der Waals surface area contributed by atoms with Gasteiger partial charge in [-0.25, -0.2) is 9.79 Å². The summed E-state index contributed by atoms with van der Waals surface area (Å²) in [5.74, 6) is 0.397. The van der Waals surface area contributed by atoms with Gasteiger partial charge in [-0.05, 0) is 55.3 Å². The van der Waals surface area contributed by atoms with Crippen LogP contribution in [0.3, 0.4) is 0 Å². The Balaban J connectivity index is 1.56. The lowest BCUT2D eigenvalue weighted by atomic mass is 9.96. The molecule has 0 saturated carbocycles. The van der Waals surface area contributed by atoms with E-state index in [0.29, 0.717) is 42.7 Å². The van der Waals surface area contributed by atoms with Crippen molar-refractivity contribution in [3.8, 4) is 11.5 Å². The Labute approximate surface area is 260 Å². The first kappa shape index (κ1) is 29.9. The normalized spacial score (nSPS) is 14.8. The van der Waals surface area contributed by atoms with E-state index in [2.05, 4.69) is 4.99 Å². The Bertz CT molecular complexity index is 1860. The molecule has 1 aliphatic rings. The highest BCUT2D eigenvalue weighted by atomic mass is 35.5. The highest BCUT2D eigenvalue weighted by molar-refractivity contribution is 7.07. The monoisotopic (exact) mass is 642 g/mol. The topological polar surface area (TPSA) is 79.1 Å². The zero-order chi connectivity index (χ0) is 30.0. The van der Waals surface area contributed by atoms with Gasteiger partial charge in [-0.3, -0.25) is 9.36 Å². The quantitative estimate of drug-likeness (QED) is 0.209. The minimum absolute atomic E-state index is 0.100. The standard InChI is InChI=1S/C31H25Cl3N2O5S/c1-4-40-30(38)26-17(2)35-31-36(27(26)19-8-6-5-7-9-19)29(37)25(42-31)13-18-10-11-24(39-3)20(12-18)16-41-28-22(33)14-21(32)15-23(28)34/h5-15,27H,4,16H2,1-3H3/t27-/m0/s1. The molecule has 1 aromatic heterocycles. The molecule has 11 heteroatoms. The zero-order valence-corrected chi connectivity index (χ0v) is 25.9. The maximum Gasteiger partial charge on any atom is 0.338 e. The highest BCUT2D eigenvalue weighted by Gasteiger charge is 2.33. The second-order valence-electron chi connectivity index (χ2n) is 9.27. The average Bonchev–Trinajstić information content (AvgIpc) is 3.26. The lowest BCUT2D eigenvalue weighted by Crippen LogP contribution is -2.39. The van der Waals surface area contributed by atoms with Gasteiger partial charge in [0.1, 0.15) is 12.4 Å². The van der Waals surface area contributed by atoms with Crippen LogP contribution in [0.15, 0.2) is 81.7 Å². The molecule has 0 fully saturated rings. The molecular weight excluding hydrogens is 619 g/mol. The minimum atomic E-state index is -0.669. The SMILES string of the molecule is CCOC(=O)C1=C(C)N=c2sc(=Cc3ccc(OC)c(COc4c(Cl)cc(Cl)cc4Cl)c3)c(=O)n2[C@H]1c1ccccc1. The van der Waals surface area contributed by atoms with Crippen LogP contribution in [-0.4, -0.2) is 24.3 Å². The van der Waals surface area contributed by atoms with E-state index in [1.165, 1.54) is 11.3 Å². The molecule has 0 aliphatic carbocycles. The summed E-state index contributed by atoms with van der Waals surface area (Å²) >= 11 is 19.8. The Kier molecular flexibility index (Phi) is 9.08. The third-order valence-electron chi connectivity index (χ3n) is 6.57. The van der Waals surface area contributed by atoms with Gasteiger partial charge < -0.3 is 14.2 Å². The molecule has 0 spiro atoms. The number of halogens is 3. The van der Waals surface area contributed by atoms with Crippen LogP contribution < -0.4 is 24.4 Å². The number of carbonyl (C=O) groups is 1. The van der Waals surface area contributed by atoms with Gasteiger partial charge in [0, 0.05) is 10.6 Å². The van der Waals surface area contributed by atoms with Gasteiger partial charge >= 0.3 is 5.97 Å². The van der Waals surface area contributed by atoms with Crippen molar-refractivity contribution < 1.29 is 19.0 Å². The number of esters is 1. The summed E-state index contributed by atoms with van der Waals surface area (Å²) in [6, 6.07) is 17.3. The summed E-state index contributed by atoms with van der Waals surface area (Å²) in [6.45, 7) is 3.81. The van der Waals surface area contributed by atoms with Gasteiger partial charge in [0.05, 0.1) is 45.6 Å². The number of fused-ring (bicyclic) bond motifs is 1. The predicted molar refractivity (Wildman–Crippen MR) is 166 cm³/mol. The second kappa shape index (κ2) is 12.8. The fourth-order valence-corrected chi connectivity index (χ4v) is 6.68. The van der Waals surface area contributed by atoms with Crippen molar-refractivity contribution >= 4 is 58.2 Å². The molecule has 1 atom stereocenters. The highest BCUT2D eigenvalue weighted by Crippen LogP contribution is 2.37. The number of hydrogen-bond donors (Lipinski definition) is 0. The largest absolute Gasteiger partial charge is 0.496 e. The molecule has 7 nitrogen and oxygen atoms in total. The van der Waals surface area contributed by atoms with Gasteiger partial charge in [0.15, 0.2) is 10.6 Å². The number of thiazole rings is 1. The molecule has 0 radical (unpaired) electrons. The van der Waals surface area contributed by atoms with Crippen LogP contribution in [0.5, 0.6) is 11.5 Å². The van der Waals surface area contributed by atoms with Crippen molar-refractivity contribution in [2.45, 2.75) is 26.5 Å². The van der Waals surface area contributed by atoms with Crippen molar-refractivity contribution in [2.24, 2.45) is 4.99 Å². The number of rotatable bonds is 8. The van der Waals surface area contributed by atoms with E-state index >= 15 is 0 Å². The van der Waals surface area contributed by atoms with Gasteiger partial charge in [-0.1, -0.05) is 82.5 Å². The van der Waals surface area contributed by atoms with E-state index in [-0.39, 0.29) is 28.8 Å². The summed E-state index contributed by atoms with van der Waals surface area (Å²) in [7, 11) is 1.56. The fraction of sp³-hybridized carbons (Fsp3) is 0.194. The number of aromatic nitrogens is 1. The number of carbonyl (C=O) groups excluding carboxylic acids is 1. The molecule has 42 heavy (non-hydrogen) atoms. The number of nitrogens with zero attached hydrogens (tertiary/aromatic N) is 2. The first-order chi connectivity index (χ1) is 20.2. The number of hydrogen-bond acceptors (Lipinski definition) is 7. The van der Waals surface area contributed by atoms with Crippen LogP contribution in [0.25, 0.3) is 6.08 Å². The van der Waals surface area contributed by atoms with E-state index in [4.69, 9.17) is 49.0 Å². The molecule has 0 saturated heterocycles. The van der Waals surface area contributed by atoms with Crippen LogP contribution in [0.2, 0.25) is 15.1 Å². The molecule has 1 aliphatic heterocycles. The first-order valence-corrected chi connectivity index (χ1v) is 14.9. The van der Waals surface area contributed by atoms with Crippen molar-refractivity contribution in [1.29, 1.82) is 0 Å². The molecule has 0 N–H and O–H groups in total. The maximum atomic E-state index is 13.9. The van der Waals surface area contributed by atoms with Crippen molar-refractivity contribution in [3.63, 3.8) is 0 Å². The lowest BCUT2D eigenvalue weighted by molar-refractivity contribution is -0.139. The van der Waals surface area contributed by atoms with Crippen molar-refractivity contribution in [1.82, 2.24) is 4.57 Å². The fourth-order valence-electron chi connectivity index (χ4n) is 4.71. The molecule has 0 amide bonds. The second-order valence-corrected chi connectivity index (χ2v) is 11.5. The van der Waals surface area contributed by atoms with E-state index in [0.717, 1.165) is 11.1 Å². The molecule has 3 aromatic carbocycles. The molecule has 0 bridgehead atoms. The summed E-state index contributed by atoms with van der Waals surface area (Å²) in [4.78, 5) is 32.0. The summed E-state index contributed by atoms with van der Waals surface area (Å²) in [5.41, 5.74) is 2.82. The van der Waals surface area contributed by atoms with Crippen LogP contribution in [-0.2, 0) is 16.1 Å². The Morgan fingerprint density at radius 3 is 2.45 bits per heavy atom. The van der Waals surface area contributed by atoms with E-state index in [1.54, 1.807) is 49.8 Å². The predicted octanol–water partition coefficient (Wildman–Crippen LogP) is 6.35. The maximum absolute atomic E-state index is 13.9. The molecule has 4 aromatic rings. The average molecular weight is 644 g/mol. The first-order valence-electron chi connectivity index (χ1n) is 12.9.